The number of sulfonamides is 1. The molecule has 2 aromatic carbocycles. The maximum Gasteiger partial charge on any atom is 0.258 e. The molecule has 1 aliphatic rings. The van der Waals surface area contributed by atoms with Gasteiger partial charge in [0.15, 0.2) is 0 Å². The first-order valence-electron chi connectivity index (χ1n) is 16.0. The zero-order valence-electron chi connectivity index (χ0n) is 27.8. The van der Waals surface area contributed by atoms with Gasteiger partial charge in [-0.15, -0.1) is 0 Å². The van der Waals surface area contributed by atoms with Gasteiger partial charge in [-0.05, 0) is 82.5 Å². The highest BCUT2D eigenvalue weighted by molar-refractivity contribution is 7.89. The number of aromatic nitrogens is 1. The predicted molar refractivity (Wildman–Crippen MR) is 180 cm³/mol. The number of fused-ring (bicyclic) bond motifs is 1. The highest BCUT2D eigenvalue weighted by atomic mass is 32.2. The molecule has 2 N–H and O–H groups in total. The standard InChI is InChI=1S/C35H46N4O7S/c1-24-9-12-30(13-10-24)47(43,44)38(5)22-33-25(2)21-39(26(3)23-40)35(42)31-20-29(37-34(41)28-15-17-36-18-16-28)11-14-32(31)46-27(4)8-6-7-19-45-33/h9-18,20,25-27,33,40H,6-8,19,21-23H2,1-5H3,(H,37,41)/t25-,26+,27-,33-/m1/s1. The number of ether oxygens (including phenoxy) is 2. The van der Waals surface area contributed by atoms with Gasteiger partial charge in [0.1, 0.15) is 5.75 Å². The van der Waals surface area contributed by atoms with Gasteiger partial charge in [0.25, 0.3) is 11.8 Å². The fraction of sp³-hybridized carbons (Fsp3) is 0.457. The van der Waals surface area contributed by atoms with E-state index in [0.29, 0.717) is 30.0 Å². The lowest BCUT2D eigenvalue weighted by molar-refractivity contribution is -0.00834. The van der Waals surface area contributed by atoms with Gasteiger partial charge in [-0.3, -0.25) is 14.6 Å². The van der Waals surface area contributed by atoms with Crippen LogP contribution in [0.15, 0.2) is 71.9 Å². The molecule has 0 saturated carbocycles. The topological polar surface area (TPSA) is 138 Å². The summed E-state index contributed by atoms with van der Waals surface area (Å²) in [6.45, 7) is 7.87. The Morgan fingerprint density at radius 3 is 2.49 bits per heavy atom. The average molecular weight is 667 g/mol. The van der Waals surface area contributed by atoms with Crippen LogP contribution in [-0.2, 0) is 14.8 Å². The molecule has 11 nitrogen and oxygen atoms in total. The first kappa shape index (κ1) is 36.0. The molecule has 3 aromatic rings. The summed E-state index contributed by atoms with van der Waals surface area (Å²) in [5.41, 5.74) is 2.03. The number of nitrogens with zero attached hydrogens (tertiary/aromatic N) is 3. The molecule has 4 rings (SSSR count). The Labute approximate surface area is 278 Å². The van der Waals surface area contributed by atoms with Crippen LogP contribution < -0.4 is 10.1 Å². The Morgan fingerprint density at radius 2 is 1.81 bits per heavy atom. The van der Waals surface area contributed by atoms with E-state index in [2.05, 4.69) is 10.3 Å². The van der Waals surface area contributed by atoms with Crippen molar-refractivity contribution in [1.29, 1.82) is 0 Å². The van der Waals surface area contributed by atoms with Crippen LogP contribution in [0.4, 0.5) is 5.69 Å². The molecule has 0 fully saturated rings. The number of carbonyl (C=O) groups is 2. The van der Waals surface area contributed by atoms with Crippen molar-refractivity contribution < 1.29 is 32.6 Å². The highest BCUT2D eigenvalue weighted by Crippen LogP contribution is 2.29. The molecular weight excluding hydrogens is 620 g/mol. The number of benzene rings is 2. The lowest BCUT2D eigenvalue weighted by atomic mass is 10.0. The quantitative estimate of drug-likeness (QED) is 0.351. The number of anilines is 1. The average Bonchev–Trinajstić information content (AvgIpc) is 3.06. The van der Waals surface area contributed by atoms with E-state index in [4.69, 9.17) is 9.47 Å². The summed E-state index contributed by atoms with van der Waals surface area (Å²) in [5.74, 6) is -0.684. The summed E-state index contributed by atoms with van der Waals surface area (Å²) in [6.07, 6.45) is 4.55. The van der Waals surface area contributed by atoms with Crippen molar-refractivity contribution in [2.45, 2.75) is 70.1 Å². The van der Waals surface area contributed by atoms with Gasteiger partial charge in [0, 0.05) is 56.3 Å². The molecule has 0 bridgehead atoms. The zero-order valence-corrected chi connectivity index (χ0v) is 28.6. The number of aliphatic hydroxyl groups is 1. The van der Waals surface area contributed by atoms with Crippen LogP contribution in [0.25, 0.3) is 0 Å². The second-order valence-electron chi connectivity index (χ2n) is 12.3. The number of likely N-dealkylation sites (N-methyl/N-ethyl adjacent to an activating group) is 1. The fourth-order valence-corrected chi connectivity index (χ4v) is 6.59. The number of carbonyl (C=O) groups excluding carboxylic acids is 2. The number of pyridine rings is 1. The molecule has 4 atom stereocenters. The van der Waals surface area contributed by atoms with E-state index in [1.807, 2.05) is 20.8 Å². The van der Waals surface area contributed by atoms with Crippen LogP contribution in [0.1, 0.15) is 66.3 Å². The lowest BCUT2D eigenvalue weighted by Gasteiger charge is -2.35. The predicted octanol–water partition coefficient (Wildman–Crippen LogP) is 4.76. The SMILES string of the molecule is Cc1ccc(S(=O)(=O)N(C)C[C@H]2OCCCC[C@@H](C)Oc3ccc(NC(=O)c4ccncc4)cc3C(=O)N([C@@H](C)CO)C[C@H]2C)cc1. The molecule has 12 heteroatoms. The molecule has 2 heterocycles. The van der Waals surface area contributed by atoms with E-state index in [1.165, 1.54) is 23.7 Å². The van der Waals surface area contributed by atoms with Crippen molar-refractivity contribution in [2.75, 3.05) is 38.7 Å². The van der Waals surface area contributed by atoms with E-state index in [1.54, 1.807) is 66.4 Å². The van der Waals surface area contributed by atoms with Crippen LogP contribution in [-0.4, -0.2) is 91.1 Å². The molecular formula is C35H46N4O7S. The molecule has 0 spiro atoms. The van der Waals surface area contributed by atoms with Crippen molar-refractivity contribution in [1.82, 2.24) is 14.2 Å². The van der Waals surface area contributed by atoms with E-state index < -0.39 is 28.1 Å². The van der Waals surface area contributed by atoms with Crippen molar-refractivity contribution in [3.8, 4) is 5.75 Å². The smallest absolute Gasteiger partial charge is 0.258 e. The number of rotatable bonds is 8. The number of nitrogens with one attached hydrogen (secondary N) is 1. The maximum absolute atomic E-state index is 14.3. The number of amides is 2. The van der Waals surface area contributed by atoms with E-state index in [9.17, 15) is 23.1 Å². The molecule has 0 radical (unpaired) electrons. The van der Waals surface area contributed by atoms with Gasteiger partial charge in [-0.25, -0.2) is 8.42 Å². The Balaban J connectivity index is 1.65. The highest BCUT2D eigenvalue weighted by Gasteiger charge is 2.32. The molecule has 47 heavy (non-hydrogen) atoms. The van der Waals surface area contributed by atoms with Gasteiger partial charge < -0.3 is 24.8 Å². The number of hydrogen-bond donors (Lipinski definition) is 2. The summed E-state index contributed by atoms with van der Waals surface area (Å²) in [4.78, 5) is 32.9. The molecule has 0 saturated heterocycles. The third-order valence-electron chi connectivity index (χ3n) is 8.42. The van der Waals surface area contributed by atoms with Crippen LogP contribution in [0, 0.1) is 12.8 Å². The summed E-state index contributed by atoms with van der Waals surface area (Å²) in [7, 11) is -2.25. The molecule has 0 unspecified atom stereocenters. The normalized spacial score (nSPS) is 20.5. The number of aliphatic hydroxyl groups excluding tert-OH is 1. The number of aryl methyl sites for hydroxylation is 1. The van der Waals surface area contributed by atoms with Crippen molar-refractivity contribution in [3.63, 3.8) is 0 Å². The second-order valence-corrected chi connectivity index (χ2v) is 14.3. The Morgan fingerprint density at radius 1 is 1.11 bits per heavy atom. The summed E-state index contributed by atoms with van der Waals surface area (Å²) in [5, 5.41) is 13.1. The Bertz CT molecular complexity index is 1600. The van der Waals surface area contributed by atoms with Gasteiger partial charge in [0.05, 0.1) is 35.3 Å². The fourth-order valence-electron chi connectivity index (χ4n) is 5.41. The van der Waals surface area contributed by atoms with Crippen molar-refractivity contribution in [2.24, 2.45) is 5.92 Å². The zero-order chi connectivity index (χ0) is 34.1. The minimum atomic E-state index is -3.79. The van der Waals surface area contributed by atoms with Crippen LogP contribution in [0.5, 0.6) is 5.75 Å². The Kier molecular flexibility index (Phi) is 12.5. The number of hydrogen-bond acceptors (Lipinski definition) is 8. The van der Waals surface area contributed by atoms with Gasteiger partial charge in [-0.1, -0.05) is 24.6 Å². The summed E-state index contributed by atoms with van der Waals surface area (Å²) >= 11 is 0. The van der Waals surface area contributed by atoms with Gasteiger partial charge in [-0.2, -0.15) is 4.31 Å². The van der Waals surface area contributed by atoms with E-state index in [0.717, 1.165) is 18.4 Å². The first-order chi connectivity index (χ1) is 22.4. The Hall–Kier alpha value is -3.84. The molecule has 2 amide bonds. The van der Waals surface area contributed by atoms with Crippen molar-refractivity contribution in [3.05, 3.63) is 83.7 Å². The molecule has 0 aliphatic carbocycles. The van der Waals surface area contributed by atoms with Crippen LogP contribution >= 0.6 is 0 Å². The molecule has 1 aromatic heterocycles. The van der Waals surface area contributed by atoms with Crippen LogP contribution in [0.2, 0.25) is 0 Å². The molecule has 254 valence electrons. The minimum Gasteiger partial charge on any atom is -0.490 e. The monoisotopic (exact) mass is 666 g/mol. The van der Waals surface area contributed by atoms with Crippen molar-refractivity contribution >= 4 is 27.5 Å². The van der Waals surface area contributed by atoms with E-state index >= 15 is 0 Å². The minimum absolute atomic E-state index is 0.0776. The maximum atomic E-state index is 14.3. The largest absolute Gasteiger partial charge is 0.490 e. The second kappa shape index (κ2) is 16.3. The molecule has 1 aliphatic heterocycles. The van der Waals surface area contributed by atoms with E-state index in [-0.39, 0.29) is 48.1 Å². The van der Waals surface area contributed by atoms with Crippen LogP contribution in [0.3, 0.4) is 0 Å². The van der Waals surface area contributed by atoms with Gasteiger partial charge in [0.2, 0.25) is 10.0 Å². The first-order valence-corrected chi connectivity index (χ1v) is 17.4. The lowest BCUT2D eigenvalue weighted by Crippen LogP contribution is -2.48. The summed E-state index contributed by atoms with van der Waals surface area (Å²) < 4.78 is 40.8. The third-order valence-corrected chi connectivity index (χ3v) is 10.3. The summed E-state index contributed by atoms with van der Waals surface area (Å²) in [6, 6.07) is 14.3. The third kappa shape index (κ3) is 9.38. The van der Waals surface area contributed by atoms with Gasteiger partial charge >= 0.3 is 0 Å².